The Kier molecular flexibility index (Phi) is 3.52. The van der Waals surface area contributed by atoms with Crippen LogP contribution in [0.25, 0.3) is 0 Å². The van der Waals surface area contributed by atoms with Gasteiger partial charge in [-0.1, -0.05) is 30.3 Å². The number of anilines is 1. The largest absolute Gasteiger partial charge is 0.346 e. The lowest BCUT2D eigenvalue weighted by molar-refractivity contribution is 0.787. The third-order valence-corrected chi connectivity index (χ3v) is 2.44. The van der Waals surface area contributed by atoms with E-state index in [0.717, 1.165) is 5.56 Å². The molecule has 2 aromatic rings. The molecule has 2 rings (SSSR count). The quantitative estimate of drug-likeness (QED) is 0.758. The molecule has 17 heavy (non-hydrogen) atoms. The maximum Gasteiger partial charge on any atom is 0.346 e. The highest BCUT2D eigenvalue weighted by atomic mass is 16.1. The van der Waals surface area contributed by atoms with Gasteiger partial charge in [0.15, 0.2) is 0 Å². The van der Waals surface area contributed by atoms with Gasteiger partial charge >= 0.3 is 5.69 Å². The van der Waals surface area contributed by atoms with E-state index in [1.54, 1.807) is 6.07 Å². The number of nitrogens with one attached hydrogen (secondary N) is 1. The van der Waals surface area contributed by atoms with E-state index in [-0.39, 0.29) is 5.69 Å². The van der Waals surface area contributed by atoms with Gasteiger partial charge < -0.3 is 10.6 Å². The fourth-order valence-electron chi connectivity index (χ4n) is 1.60. The molecule has 88 valence electrons. The molecule has 0 saturated heterocycles. The van der Waals surface area contributed by atoms with Crippen LogP contribution in [-0.2, 0) is 6.54 Å². The van der Waals surface area contributed by atoms with E-state index >= 15 is 0 Å². The monoisotopic (exact) mass is 230 g/mol. The first-order valence-electron chi connectivity index (χ1n) is 5.34. The lowest BCUT2D eigenvalue weighted by Gasteiger charge is -2.21. The van der Waals surface area contributed by atoms with E-state index in [2.05, 4.69) is 9.97 Å². The molecular formula is C12H14N4O. The van der Waals surface area contributed by atoms with Crippen LogP contribution in [0, 0.1) is 0 Å². The summed E-state index contributed by atoms with van der Waals surface area (Å²) in [5, 5.41) is 0. The Morgan fingerprint density at radius 2 is 2.00 bits per heavy atom. The molecule has 0 fully saturated rings. The fraction of sp³-hybridized carbons (Fsp3) is 0.167. The normalized spacial score (nSPS) is 10.2. The maximum absolute atomic E-state index is 11.1. The minimum Gasteiger partial charge on any atom is -0.341 e. The second-order valence-corrected chi connectivity index (χ2v) is 3.63. The molecule has 5 heteroatoms. The Morgan fingerprint density at radius 1 is 1.24 bits per heavy atom. The first-order valence-corrected chi connectivity index (χ1v) is 5.34. The highest BCUT2D eigenvalue weighted by molar-refractivity contribution is 5.37. The molecule has 0 amide bonds. The van der Waals surface area contributed by atoms with Crippen molar-refractivity contribution >= 4 is 5.82 Å². The molecule has 1 aromatic heterocycles. The standard InChI is InChI=1S/C12H14N4O/c13-9-16(8-10-4-2-1-3-5-10)11-6-7-14-12(17)15-11/h1-7H,8-9,13H2,(H,14,15,17). The molecule has 0 unspecified atom stereocenters. The average Bonchev–Trinajstić information content (AvgIpc) is 2.37. The van der Waals surface area contributed by atoms with Gasteiger partial charge in [-0.15, -0.1) is 0 Å². The summed E-state index contributed by atoms with van der Waals surface area (Å²) in [5.74, 6) is 0.677. The highest BCUT2D eigenvalue weighted by Gasteiger charge is 2.05. The third kappa shape index (κ3) is 2.92. The Bertz CT molecular complexity index is 523. The van der Waals surface area contributed by atoms with Crippen LogP contribution >= 0.6 is 0 Å². The number of aromatic nitrogens is 2. The van der Waals surface area contributed by atoms with Crippen LogP contribution in [0.1, 0.15) is 5.56 Å². The Morgan fingerprint density at radius 3 is 2.65 bits per heavy atom. The molecule has 0 aliphatic heterocycles. The second kappa shape index (κ2) is 5.27. The maximum atomic E-state index is 11.1. The molecule has 1 heterocycles. The summed E-state index contributed by atoms with van der Waals surface area (Å²) in [6.45, 7) is 0.978. The number of benzene rings is 1. The molecule has 0 aliphatic rings. The van der Waals surface area contributed by atoms with Gasteiger partial charge in [0.2, 0.25) is 0 Å². The Balaban J connectivity index is 2.20. The summed E-state index contributed by atoms with van der Waals surface area (Å²) in [7, 11) is 0. The van der Waals surface area contributed by atoms with Crippen LogP contribution in [0.4, 0.5) is 5.82 Å². The van der Waals surface area contributed by atoms with E-state index in [1.165, 1.54) is 6.20 Å². The van der Waals surface area contributed by atoms with Crippen LogP contribution in [0.5, 0.6) is 0 Å². The minimum absolute atomic E-state index is 0.328. The smallest absolute Gasteiger partial charge is 0.341 e. The van der Waals surface area contributed by atoms with Crippen molar-refractivity contribution in [3.63, 3.8) is 0 Å². The van der Waals surface area contributed by atoms with Crippen molar-refractivity contribution in [3.8, 4) is 0 Å². The van der Waals surface area contributed by atoms with Gasteiger partial charge in [0.25, 0.3) is 0 Å². The van der Waals surface area contributed by atoms with E-state index < -0.39 is 0 Å². The minimum atomic E-state index is -0.367. The van der Waals surface area contributed by atoms with Crippen molar-refractivity contribution < 1.29 is 0 Å². The number of hydrogen-bond donors (Lipinski definition) is 2. The lowest BCUT2D eigenvalue weighted by atomic mass is 10.2. The number of aromatic amines is 1. The molecule has 0 atom stereocenters. The summed E-state index contributed by atoms with van der Waals surface area (Å²) >= 11 is 0. The summed E-state index contributed by atoms with van der Waals surface area (Å²) in [6, 6.07) is 11.7. The van der Waals surface area contributed by atoms with Crippen LogP contribution < -0.4 is 16.3 Å². The van der Waals surface area contributed by atoms with Crippen molar-refractivity contribution in [3.05, 3.63) is 58.6 Å². The van der Waals surface area contributed by atoms with E-state index in [4.69, 9.17) is 5.73 Å². The summed E-state index contributed by atoms with van der Waals surface area (Å²) in [5.41, 5.74) is 6.45. The van der Waals surface area contributed by atoms with Crippen LogP contribution in [0.2, 0.25) is 0 Å². The van der Waals surface area contributed by atoms with Gasteiger partial charge in [0.05, 0.1) is 6.67 Å². The van der Waals surface area contributed by atoms with Gasteiger partial charge in [-0.25, -0.2) is 9.78 Å². The predicted molar refractivity (Wildman–Crippen MR) is 66.5 cm³/mol. The zero-order valence-electron chi connectivity index (χ0n) is 9.34. The van der Waals surface area contributed by atoms with E-state index in [9.17, 15) is 4.79 Å². The third-order valence-electron chi connectivity index (χ3n) is 2.44. The van der Waals surface area contributed by atoms with Crippen molar-refractivity contribution in [2.45, 2.75) is 6.54 Å². The number of nitrogens with two attached hydrogens (primary N) is 1. The van der Waals surface area contributed by atoms with Gasteiger partial charge in [-0.2, -0.15) is 0 Å². The first-order chi connectivity index (χ1) is 8.29. The van der Waals surface area contributed by atoms with Crippen LogP contribution in [0.3, 0.4) is 0 Å². The van der Waals surface area contributed by atoms with Gasteiger partial charge in [0, 0.05) is 12.7 Å². The second-order valence-electron chi connectivity index (χ2n) is 3.63. The van der Waals surface area contributed by atoms with E-state index in [1.807, 2.05) is 35.2 Å². The topological polar surface area (TPSA) is 75.0 Å². The molecule has 0 saturated carbocycles. The zero-order chi connectivity index (χ0) is 12.1. The molecule has 1 aromatic carbocycles. The summed E-state index contributed by atoms with van der Waals surface area (Å²) in [6.07, 6.45) is 1.47. The van der Waals surface area contributed by atoms with Gasteiger partial charge in [-0.05, 0) is 11.6 Å². The van der Waals surface area contributed by atoms with Gasteiger partial charge in [-0.3, -0.25) is 4.98 Å². The average molecular weight is 230 g/mol. The molecule has 0 bridgehead atoms. The molecule has 5 nitrogen and oxygen atoms in total. The number of hydrogen-bond acceptors (Lipinski definition) is 4. The van der Waals surface area contributed by atoms with Crippen molar-refractivity contribution in [1.82, 2.24) is 9.97 Å². The van der Waals surface area contributed by atoms with Crippen molar-refractivity contribution in [2.75, 3.05) is 11.6 Å². The number of nitrogens with zero attached hydrogens (tertiary/aromatic N) is 2. The highest BCUT2D eigenvalue weighted by Crippen LogP contribution is 2.10. The van der Waals surface area contributed by atoms with Crippen molar-refractivity contribution in [2.24, 2.45) is 5.73 Å². The van der Waals surface area contributed by atoms with Crippen LogP contribution in [0.15, 0.2) is 47.4 Å². The molecular weight excluding hydrogens is 216 g/mol. The molecule has 3 N–H and O–H groups in total. The van der Waals surface area contributed by atoms with Crippen molar-refractivity contribution in [1.29, 1.82) is 0 Å². The Labute approximate surface area is 98.9 Å². The number of rotatable bonds is 4. The SMILES string of the molecule is NCN(Cc1ccccc1)c1ccnc(=O)[nH]1. The van der Waals surface area contributed by atoms with Gasteiger partial charge in [0.1, 0.15) is 5.82 Å². The predicted octanol–water partition coefficient (Wildman–Crippen LogP) is 0.693. The fourth-order valence-corrected chi connectivity index (χ4v) is 1.60. The Hall–Kier alpha value is -2.14. The molecule has 0 spiro atoms. The van der Waals surface area contributed by atoms with Crippen LogP contribution in [-0.4, -0.2) is 16.6 Å². The zero-order valence-corrected chi connectivity index (χ0v) is 9.34. The lowest BCUT2D eigenvalue weighted by Crippen LogP contribution is -2.31. The summed E-state index contributed by atoms with van der Waals surface area (Å²) in [4.78, 5) is 19.2. The number of H-pyrrole nitrogens is 1. The first kappa shape index (κ1) is 11.3. The molecule has 0 aliphatic carbocycles. The molecule has 0 radical (unpaired) electrons. The summed E-state index contributed by atoms with van der Waals surface area (Å²) < 4.78 is 0. The van der Waals surface area contributed by atoms with E-state index in [0.29, 0.717) is 19.0 Å².